The number of benzene rings is 2. The van der Waals surface area contributed by atoms with E-state index in [-0.39, 0.29) is 18.9 Å². The Hall–Kier alpha value is -3.32. The van der Waals surface area contributed by atoms with Gasteiger partial charge in [0.15, 0.2) is 11.6 Å². The first-order valence-electron chi connectivity index (χ1n) is 8.56. The normalized spacial score (nSPS) is 10.2. The molecule has 0 saturated carbocycles. The van der Waals surface area contributed by atoms with Gasteiger partial charge >= 0.3 is 0 Å². The average Bonchev–Trinajstić information content (AvgIpc) is 2.70. The Kier molecular flexibility index (Phi) is 6.64. The summed E-state index contributed by atoms with van der Waals surface area (Å²) in [4.78, 5) is 12.0. The van der Waals surface area contributed by atoms with Crippen LogP contribution in [0.25, 0.3) is 0 Å². The van der Waals surface area contributed by atoms with Crippen molar-refractivity contribution in [3.8, 4) is 11.5 Å². The Bertz CT molecular complexity index is 920. The van der Waals surface area contributed by atoms with Crippen LogP contribution in [0.3, 0.4) is 0 Å². The van der Waals surface area contributed by atoms with Gasteiger partial charge in [-0.15, -0.1) is 10.2 Å². The van der Waals surface area contributed by atoms with Gasteiger partial charge in [0, 0.05) is 5.02 Å². The van der Waals surface area contributed by atoms with Gasteiger partial charge in [-0.05, 0) is 42.5 Å². The molecule has 0 aliphatic carbocycles. The van der Waals surface area contributed by atoms with Crippen molar-refractivity contribution in [3.05, 3.63) is 65.7 Å². The van der Waals surface area contributed by atoms with E-state index < -0.39 is 0 Å². The van der Waals surface area contributed by atoms with Crippen molar-refractivity contribution in [2.75, 3.05) is 24.4 Å². The number of methoxy groups -OCH3 is 1. The lowest BCUT2D eigenvalue weighted by atomic mass is 10.3. The number of amides is 1. The molecule has 0 radical (unpaired) electrons. The third-order valence-corrected chi connectivity index (χ3v) is 3.93. The Morgan fingerprint density at radius 3 is 2.50 bits per heavy atom. The zero-order valence-electron chi connectivity index (χ0n) is 15.2. The number of anilines is 3. The monoisotopic (exact) mass is 398 g/mol. The van der Waals surface area contributed by atoms with Crippen LogP contribution in [-0.2, 0) is 4.79 Å². The number of carbonyl (C=O) groups excluding carboxylic acids is 1. The van der Waals surface area contributed by atoms with Gasteiger partial charge in [-0.25, -0.2) is 0 Å². The van der Waals surface area contributed by atoms with Gasteiger partial charge in [0.2, 0.25) is 5.91 Å². The molecular weight excluding hydrogens is 380 g/mol. The first-order valence-corrected chi connectivity index (χ1v) is 8.94. The maximum atomic E-state index is 12.0. The van der Waals surface area contributed by atoms with E-state index in [1.165, 1.54) is 0 Å². The number of hydrogen-bond acceptors (Lipinski definition) is 6. The molecule has 2 N–H and O–H groups in total. The molecule has 2 aromatic carbocycles. The number of para-hydroxylation sites is 1. The van der Waals surface area contributed by atoms with Crippen LogP contribution in [0.4, 0.5) is 17.3 Å². The van der Waals surface area contributed by atoms with Gasteiger partial charge in [0.25, 0.3) is 0 Å². The van der Waals surface area contributed by atoms with Gasteiger partial charge in [-0.3, -0.25) is 4.79 Å². The molecular formula is C20H19ClN4O3. The molecule has 144 valence electrons. The molecule has 0 atom stereocenters. The third kappa shape index (κ3) is 5.59. The maximum Gasteiger partial charge on any atom is 0.229 e. The molecule has 1 amide bonds. The SMILES string of the molecule is COc1ccc(Cl)cc1Nc1ccc(NC(=O)CCOc2ccccc2)nn1. The predicted molar refractivity (Wildman–Crippen MR) is 109 cm³/mol. The molecule has 0 fully saturated rings. The van der Waals surface area contributed by atoms with Crippen LogP contribution in [0.15, 0.2) is 60.7 Å². The molecule has 28 heavy (non-hydrogen) atoms. The molecule has 0 aliphatic heterocycles. The lowest BCUT2D eigenvalue weighted by Gasteiger charge is -2.11. The number of aromatic nitrogens is 2. The molecule has 3 aromatic rings. The number of nitrogens with zero attached hydrogens (tertiary/aromatic N) is 2. The van der Waals surface area contributed by atoms with E-state index in [9.17, 15) is 4.79 Å². The fraction of sp³-hybridized carbons (Fsp3) is 0.150. The van der Waals surface area contributed by atoms with Crippen molar-refractivity contribution in [3.63, 3.8) is 0 Å². The van der Waals surface area contributed by atoms with Crippen LogP contribution in [0.5, 0.6) is 11.5 Å². The second-order valence-electron chi connectivity index (χ2n) is 5.73. The second-order valence-corrected chi connectivity index (χ2v) is 6.17. The number of carbonyl (C=O) groups is 1. The summed E-state index contributed by atoms with van der Waals surface area (Å²) >= 11 is 6.01. The molecule has 0 spiro atoms. The highest BCUT2D eigenvalue weighted by molar-refractivity contribution is 6.31. The molecule has 0 bridgehead atoms. The lowest BCUT2D eigenvalue weighted by molar-refractivity contribution is -0.116. The van der Waals surface area contributed by atoms with E-state index in [0.717, 1.165) is 5.75 Å². The molecule has 0 saturated heterocycles. The number of halogens is 1. The number of nitrogens with one attached hydrogen (secondary N) is 2. The Balaban J connectivity index is 1.51. The molecule has 1 aromatic heterocycles. The molecule has 0 unspecified atom stereocenters. The van der Waals surface area contributed by atoms with Gasteiger partial charge < -0.3 is 20.1 Å². The summed E-state index contributed by atoms with van der Waals surface area (Å²) in [5.41, 5.74) is 0.666. The minimum Gasteiger partial charge on any atom is -0.495 e. The summed E-state index contributed by atoms with van der Waals surface area (Å²) in [6, 6.07) is 17.9. The van der Waals surface area contributed by atoms with Crippen LogP contribution in [0.1, 0.15) is 6.42 Å². The average molecular weight is 399 g/mol. The topological polar surface area (TPSA) is 85.4 Å². The Morgan fingerprint density at radius 1 is 1.04 bits per heavy atom. The van der Waals surface area contributed by atoms with Crippen molar-refractivity contribution in [2.24, 2.45) is 0 Å². The highest BCUT2D eigenvalue weighted by atomic mass is 35.5. The summed E-state index contributed by atoms with van der Waals surface area (Å²) < 4.78 is 10.8. The lowest BCUT2D eigenvalue weighted by Crippen LogP contribution is -2.16. The largest absolute Gasteiger partial charge is 0.495 e. The fourth-order valence-electron chi connectivity index (χ4n) is 2.37. The quantitative estimate of drug-likeness (QED) is 0.588. The summed E-state index contributed by atoms with van der Waals surface area (Å²) in [5.74, 6) is 1.99. The standard InChI is InChI=1S/C20H19ClN4O3/c1-27-17-8-7-14(21)13-16(17)22-18-9-10-19(25-24-18)23-20(26)11-12-28-15-5-3-2-4-6-15/h2-10,13H,11-12H2,1H3,(H,22,24)(H,23,25,26). The van der Waals surface area contributed by atoms with Crippen LogP contribution in [0.2, 0.25) is 5.02 Å². The van der Waals surface area contributed by atoms with E-state index in [1.54, 1.807) is 37.4 Å². The van der Waals surface area contributed by atoms with Crippen molar-refractivity contribution in [1.82, 2.24) is 10.2 Å². The zero-order valence-corrected chi connectivity index (χ0v) is 15.9. The van der Waals surface area contributed by atoms with Crippen molar-refractivity contribution >= 4 is 34.8 Å². The summed E-state index contributed by atoms with van der Waals surface area (Å²) in [5, 5.41) is 14.4. The van der Waals surface area contributed by atoms with Gasteiger partial charge in [0.1, 0.15) is 11.5 Å². The Morgan fingerprint density at radius 2 is 1.79 bits per heavy atom. The number of rotatable bonds is 8. The van der Waals surface area contributed by atoms with Gasteiger partial charge in [-0.1, -0.05) is 29.8 Å². The third-order valence-electron chi connectivity index (χ3n) is 3.70. The molecule has 7 nitrogen and oxygen atoms in total. The van der Waals surface area contributed by atoms with Crippen molar-refractivity contribution in [2.45, 2.75) is 6.42 Å². The van der Waals surface area contributed by atoms with E-state index in [2.05, 4.69) is 20.8 Å². The first-order chi connectivity index (χ1) is 13.6. The number of ether oxygens (including phenoxy) is 2. The number of hydrogen-bond donors (Lipinski definition) is 2. The zero-order chi connectivity index (χ0) is 19.8. The van der Waals surface area contributed by atoms with E-state index in [1.807, 2.05) is 30.3 Å². The molecule has 3 rings (SSSR count). The van der Waals surface area contributed by atoms with E-state index in [4.69, 9.17) is 21.1 Å². The summed E-state index contributed by atoms with van der Waals surface area (Å²) in [7, 11) is 1.57. The van der Waals surface area contributed by atoms with Crippen LogP contribution in [-0.4, -0.2) is 29.8 Å². The fourth-order valence-corrected chi connectivity index (χ4v) is 2.54. The smallest absolute Gasteiger partial charge is 0.229 e. The molecule has 0 aliphatic rings. The molecule has 1 heterocycles. The van der Waals surface area contributed by atoms with Crippen LogP contribution in [0, 0.1) is 0 Å². The van der Waals surface area contributed by atoms with Crippen molar-refractivity contribution in [1.29, 1.82) is 0 Å². The maximum absolute atomic E-state index is 12.0. The minimum atomic E-state index is -0.206. The highest BCUT2D eigenvalue weighted by Gasteiger charge is 2.08. The predicted octanol–water partition coefficient (Wildman–Crippen LogP) is 4.29. The van der Waals surface area contributed by atoms with Gasteiger partial charge in [-0.2, -0.15) is 0 Å². The summed E-state index contributed by atoms with van der Waals surface area (Å²) in [6.45, 7) is 0.275. The first kappa shape index (κ1) is 19.4. The van der Waals surface area contributed by atoms with E-state index in [0.29, 0.717) is 28.1 Å². The Labute approximate surface area is 167 Å². The van der Waals surface area contributed by atoms with Crippen LogP contribution >= 0.6 is 11.6 Å². The second kappa shape index (κ2) is 9.57. The highest BCUT2D eigenvalue weighted by Crippen LogP contribution is 2.29. The van der Waals surface area contributed by atoms with E-state index >= 15 is 0 Å². The minimum absolute atomic E-state index is 0.205. The van der Waals surface area contributed by atoms with Crippen molar-refractivity contribution < 1.29 is 14.3 Å². The van der Waals surface area contributed by atoms with Gasteiger partial charge in [0.05, 0.1) is 25.8 Å². The van der Waals surface area contributed by atoms with Crippen LogP contribution < -0.4 is 20.1 Å². The molecule has 8 heteroatoms. The summed E-state index contributed by atoms with van der Waals surface area (Å²) in [6.07, 6.45) is 0.205.